The van der Waals surface area contributed by atoms with Gasteiger partial charge < -0.3 is 9.97 Å². The molecule has 1 aliphatic carbocycles. The molecule has 0 fully saturated rings. The van der Waals surface area contributed by atoms with E-state index in [-0.39, 0.29) is 20.4 Å². The fourth-order valence-electron chi connectivity index (χ4n) is 10.2. The predicted octanol–water partition coefficient (Wildman–Crippen LogP) is 16.0. The van der Waals surface area contributed by atoms with Gasteiger partial charge in [-0.15, -0.1) is 0 Å². The molecule has 13 rings (SSSR count). The Kier molecular flexibility index (Phi) is 9.35. The smallest absolute Gasteiger partial charge is 0.353 e. The number of aromatic amines is 2. The van der Waals surface area contributed by atoms with E-state index in [0.717, 1.165) is 133 Å². The van der Waals surface area contributed by atoms with E-state index in [4.69, 9.17) is 9.97 Å². The molecule has 2 aliphatic heterocycles. The van der Waals surface area contributed by atoms with Gasteiger partial charge >= 0.3 is 20.4 Å². The summed E-state index contributed by atoms with van der Waals surface area (Å²) in [4.78, 5) is 20.0. The standard InChI is InChI=1S/C60H38N4.Pd/c1-5-21-37(22-6-1)49-53-41-29-13-15-31-43(41)55(61-53)50(38-23-7-2-8-24-38)57-45-33-17-19-35-47(45)59(63-57)52(40-27-11-4-12-28-40)60-48-36-20-18-34-46(48)58(64-60)51(39-25-9-3-10-26-39)56-44-32-16-14-30-42(44)54(49)62-56;/h1-36,61,64H;/q;+2. The second kappa shape index (κ2) is 15.7. The molecule has 0 radical (unpaired) electrons. The quantitative estimate of drug-likeness (QED) is 0.173. The Bertz CT molecular complexity index is 3320. The Balaban J connectivity index is 0.00000444. The molecule has 306 valence electrons. The van der Waals surface area contributed by atoms with Gasteiger partial charge in [0, 0.05) is 66.1 Å². The van der Waals surface area contributed by atoms with E-state index in [1.54, 1.807) is 0 Å². The van der Waals surface area contributed by atoms with Gasteiger partial charge in [0.05, 0.1) is 44.8 Å². The zero-order chi connectivity index (χ0) is 42.1. The van der Waals surface area contributed by atoms with Crippen molar-refractivity contribution in [3.05, 3.63) is 218 Å². The first-order chi connectivity index (χ1) is 31.8. The number of nitrogens with one attached hydrogen (secondary N) is 2. The number of aromatic nitrogens is 4. The maximum absolute atomic E-state index is 5.89. The monoisotopic (exact) mass is 920 g/mol. The van der Waals surface area contributed by atoms with Crippen LogP contribution in [0.1, 0.15) is 0 Å². The average Bonchev–Trinajstić information content (AvgIpc) is 4.14. The van der Waals surface area contributed by atoms with Crippen LogP contribution in [0.2, 0.25) is 0 Å². The van der Waals surface area contributed by atoms with Crippen LogP contribution >= 0.6 is 0 Å². The maximum atomic E-state index is 5.89. The Labute approximate surface area is 389 Å². The zero-order valence-electron chi connectivity index (χ0n) is 35.0. The third-order valence-corrected chi connectivity index (χ3v) is 13.0. The zero-order valence-corrected chi connectivity index (χ0v) is 36.5. The minimum absolute atomic E-state index is 0. The molecule has 0 amide bonds. The van der Waals surface area contributed by atoms with Crippen molar-refractivity contribution in [2.45, 2.75) is 0 Å². The average molecular weight is 921 g/mol. The Morgan fingerprint density at radius 2 is 0.431 bits per heavy atom. The van der Waals surface area contributed by atoms with Crippen molar-refractivity contribution in [1.82, 2.24) is 19.9 Å². The summed E-state index contributed by atoms with van der Waals surface area (Å²) in [6.45, 7) is 0. The predicted molar refractivity (Wildman–Crippen MR) is 267 cm³/mol. The number of benzene rings is 8. The largest absolute Gasteiger partial charge is 2.00 e. The van der Waals surface area contributed by atoms with E-state index >= 15 is 0 Å². The van der Waals surface area contributed by atoms with Crippen molar-refractivity contribution in [3.8, 4) is 89.5 Å². The van der Waals surface area contributed by atoms with Gasteiger partial charge in [-0.05, 0) is 22.3 Å². The first-order valence-electron chi connectivity index (χ1n) is 21.8. The normalized spacial score (nSPS) is 11.6. The third kappa shape index (κ3) is 6.09. The van der Waals surface area contributed by atoms with Crippen molar-refractivity contribution in [3.63, 3.8) is 0 Å². The number of hydrogen-bond acceptors (Lipinski definition) is 2. The molecule has 8 bridgehead atoms. The number of nitrogens with zero attached hydrogens (tertiary/aromatic N) is 2. The molecule has 0 spiro atoms. The molecule has 5 heteroatoms. The van der Waals surface area contributed by atoms with Gasteiger partial charge in [-0.25, -0.2) is 9.97 Å². The van der Waals surface area contributed by atoms with Crippen LogP contribution < -0.4 is 0 Å². The minimum Gasteiger partial charge on any atom is -0.353 e. The van der Waals surface area contributed by atoms with Gasteiger partial charge in [0.15, 0.2) is 0 Å². The van der Waals surface area contributed by atoms with Crippen LogP contribution in [0, 0.1) is 0 Å². The fraction of sp³-hybridized carbons (Fsp3) is 0. The van der Waals surface area contributed by atoms with E-state index < -0.39 is 0 Å². The second-order valence-corrected chi connectivity index (χ2v) is 16.5. The maximum Gasteiger partial charge on any atom is 2.00 e. The van der Waals surface area contributed by atoms with Crippen molar-refractivity contribution < 1.29 is 20.4 Å². The Morgan fingerprint density at radius 3 is 0.662 bits per heavy atom. The van der Waals surface area contributed by atoms with Crippen molar-refractivity contribution in [2.24, 2.45) is 0 Å². The van der Waals surface area contributed by atoms with Crippen LogP contribution in [-0.4, -0.2) is 19.9 Å². The van der Waals surface area contributed by atoms with E-state index in [0.29, 0.717) is 0 Å². The number of hydrogen-bond donors (Lipinski definition) is 2. The molecule has 3 aliphatic rings. The molecule has 4 heterocycles. The van der Waals surface area contributed by atoms with Gasteiger partial charge in [-0.3, -0.25) is 0 Å². The molecule has 2 aromatic heterocycles. The summed E-state index contributed by atoms with van der Waals surface area (Å²) >= 11 is 0. The molecule has 10 aromatic rings. The SMILES string of the molecule is [Pd+2].c1ccc(-c2c3nc(c(-c4ccccc4)c4[nH]c(c(-c5ccccc5)c5nc(c(-c6ccccc6)c6[nH]c2c2ccccc62)-c2ccccc2-5)c2ccccc42)-c2ccccc2-3)cc1. The van der Waals surface area contributed by atoms with Crippen LogP contribution in [0.4, 0.5) is 0 Å². The summed E-state index contributed by atoms with van der Waals surface area (Å²) in [5, 5.41) is 4.45. The van der Waals surface area contributed by atoms with Crippen molar-refractivity contribution in [2.75, 3.05) is 0 Å². The molecular weight excluding hydrogens is 883 g/mol. The number of rotatable bonds is 4. The molecule has 8 aromatic carbocycles. The molecule has 0 unspecified atom stereocenters. The molecular formula is C60H38N4Pd+2. The fourth-order valence-corrected chi connectivity index (χ4v) is 10.2. The van der Waals surface area contributed by atoms with Gasteiger partial charge in [-0.1, -0.05) is 218 Å². The minimum atomic E-state index is 0. The molecule has 4 nitrogen and oxygen atoms in total. The summed E-state index contributed by atoms with van der Waals surface area (Å²) < 4.78 is 0. The van der Waals surface area contributed by atoms with Crippen LogP contribution in [-0.2, 0) is 20.4 Å². The van der Waals surface area contributed by atoms with Crippen LogP contribution in [0.5, 0.6) is 0 Å². The van der Waals surface area contributed by atoms with Gasteiger partial charge in [0.2, 0.25) is 0 Å². The second-order valence-electron chi connectivity index (χ2n) is 16.5. The molecule has 2 N–H and O–H groups in total. The van der Waals surface area contributed by atoms with E-state index in [9.17, 15) is 0 Å². The van der Waals surface area contributed by atoms with Crippen LogP contribution in [0.25, 0.3) is 133 Å². The van der Waals surface area contributed by atoms with E-state index in [1.807, 2.05) is 0 Å². The molecule has 65 heavy (non-hydrogen) atoms. The van der Waals surface area contributed by atoms with E-state index in [1.165, 1.54) is 0 Å². The number of H-pyrrole nitrogens is 2. The Hall–Kier alpha value is -7.94. The summed E-state index contributed by atoms with van der Waals surface area (Å²) in [5.41, 5.74) is 20.5. The van der Waals surface area contributed by atoms with Gasteiger partial charge in [-0.2, -0.15) is 0 Å². The molecule has 0 saturated heterocycles. The summed E-state index contributed by atoms with van der Waals surface area (Å²) in [5.74, 6) is 0. The van der Waals surface area contributed by atoms with Gasteiger partial charge in [0.1, 0.15) is 0 Å². The summed E-state index contributed by atoms with van der Waals surface area (Å²) in [7, 11) is 0. The molecule has 0 saturated carbocycles. The van der Waals surface area contributed by atoms with E-state index in [2.05, 4.69) is 228 Å². The van der Waals surface area contributed by atoms with Crippen LogP contribution in [0.3, 0.4) is 0 Å². The summed E-state index contributed by atoms with van der Waals surface area (Å²) in [6, 6.07) is 78.0. The van der Waals surface area contributed by atoms with Crippen molar-refractivity contribution >= 4 is 43.6 Å². The summed E-state index contributed by atoms with van der Waals surface area (Å²) in [6.07, 6.45) is 0. The van der Waals surface area contributed by atoms with Crippen molar-refractivity contribution in [1.29, 1.82) is 0 Å². The van der Waals surface area contributed by atoms with Gasteiger partial charge in [0.25, 0.3) is 0 Å². The molecule has 0 atom stereocenters. The van der Waals surface area contributed by atoms with Crippen LogP contribution in [0.15, 0.2) is 218 Å². The third-order valence-electron chi connectivity index (χ3n) is 13.0. The first-order valence-corrected chi connectivity index (χ1v) is 21.8. The first kappa shape index (κ1) is 38.7. The topological polar surface area (TPSA) is 57.4 Å². The Morgan fingerprint density at radius 1 is 0.231 bits per heavy atom.